The fourth-order valence-electron chi connectivity index (χ4n) is 4.86. The number of fused-ring (bicyclic) bond motifs is 5. The molecule has 1 saturated carbocycles. The second-order valence-electron chi connectivity index (χ2n) is 8.32. The molecule has 2 fully saturated rings. The predicted octanol–water partition coefficient (Wildman–Crippen LogP) is 1.10. The molecule has 1 aromatic carbocycles. The van der Waals surface area contributed by atoms with Gasteiger partial charge in [-0.15, -0.1) is 24.0 Å². The highest BCUT2D eigenvalue weighted by Gasteiger charge is 2.58. The van der Waals surface area contributed by atoms with Gasteiger partial charge in [-0.25, -0.2) is 0 Å². The van der Waals surface area contributed by atoms with Crippen molar-refractivity contribution in [1.29, 1.82) is 0 Å². The molecule has 1 heterocycles. The van der Waals surface area contributed by atoms with Crippen LogP contribution in [0.3, 0.4) is 0 Å². The van der Waals surface area contributed by atoms with Gasteiger partial charge in [0, 0.05) is 31.7 Å². The molecule has 178 valence electrons. The average molecular weight is 567 g/mol. The Labute approximate surface area is 210 Å². The Morgan fingerprint density at radius 3 is 2.27 bits per heavy atom. The number of carbonyl (C=O) groups is 3. The van der Waals surface area contributed by atoms with Gasteiger partial charge in [0.1, 0.15) is 5.75 Å². The van der Waals surface area contributed by atoms with Gasteiger partial charge in [-0.1, -0.05) is 12.2 Å². The average Bonchev–Trinajstić information content (AvgIpc) is 3.46. The molecule has 3 amide bonds. The molecule has 3 aliphatic rings. The summed E-state index contributed by atoms with van der Waals surface area (Å²) in [6, 6.07) is 6.03. The van der Waals surface area contributed by atoms with Crippen molar-refractivity contribution >= 4 is 47.7 Å². The summed E-state index contributed by atoms with van der Waals surface area (Å²) < 4.78 is 0. The van der Waals surface area contributed by atoms with Crippen molar-refractivity contribution in [3.63, 3.8) is 0 Å². The highest BCUT2D eigenvalue weighted by Crippen LogP contribution is 2.52. The number of nitrogens with zero attached hydrogens (tertiary/aromatic N) is 2. The smallest absolute Gasteiger partial charge is 0.251 e. The number of rotatable bonds is 8. The largest absolute Gasteiger partial charge is 0.508 e. The molecule has 4 N–H and O–H groups in total. The van der Waals surface area contributed by atoms with E-state index in [1.807, 2.05) is 6.92 Å². The molecule has 4 unspecified atom stereocenters. The first kappa shape index (κ1) is 25.0. The normalized spacial score (nSPS) is 25.1. The van der Waals surface area contributed by atoms with E-state index < -0.39 is 0 Å². The number of carbonyl (C=O) groups excluding carboxylic acids is 3. The Kier molecular flexibility index (Phi) is 8.33. The molecule has 10 heteroatoms. The predicted molar refractivity (Wildman–Crippen MR) is 134 cm³/mol. The minimum absolute atomic E-state index is 0. The topological polar surface area (TPSA) is 123 Å². The Hall–Kier alpha value is -2.63. The number of amides is 3. The monoisotopic (exact) mass is 567 g/mol. The molecule has 1 saturated heterocycles. The van der Waals surface area contributed by atoms with Crippen molar-refractivity contribution in [3.05, 3.63) is 42.0 Å². The van der Waals surface area contributed by atoms with E-state index >= 15 is 0 Å². The van der Waals surface area contributed by atoms with Crippen molar-refractivity contribution in [2.24, 2.45) is 28.7 Å². The minimum Gasteiger partial charge on any atom is -0.508 e. The van der Waals surface area contributed by atoms with E-state index in [2.05, 4.69) is 33.1 Å². The second kappa shape index (κ2) is 11.0. The number of benzene rings is 1. The fourth-order valence-corrected chi connectivity index (χ4v) is 4.86. The molecule has 2 bridgehead atoms. The number of aliphatic imine (C=N–C) groups is 1. The van der Waals surface area contributed by atoms with Gasteiger partial charge in [0.2, 0.25) is 11.8 Å². The third kappa shape index (κ3) is 5.31. The van der Waals surface area contributed by atoms with E-state index in [0.717, 1.165) is 6.42 Å². The quantitative estimate of drug-likeness (QED) is 0.0933. The number of guanidine groups is 1. The van der Waals surface area contributed by atoms with Crippen LogP contribution in [0, 0.1) is 23.7 Å². The molecule has 4 rings (SSSR count). The van der Waals surface area contributed by atoms with E-state index in [-0.39, 0.29) is 71.1 Å². The number of likely N-dealkylation sites (tertiary alicyclic amines) is 1. The lowest BCUT2D eigenvalue weighted by Crippen LogP contribution is -2.44. The molecule has 0 radical (unpaired) electrons. The van der Waals surface area contributed by atoms with E-state index in [0.29, 0.717) is 44.2 Å². The lowest BCUT2D eigenvalue weighted by atomic mass is 9.85. The molecule has 1 aromatic rings. The Balaban J connectivity index is 0.00000306. The van der Waals surface area contributed by atoms with Crippen LogP contribution >= 0.6 is 24.0 Å². The first-order chi connectivity index (χ1) is 15.5. The van der Waals surface area contributed by atoms with Crippen molar-refractivity contribution in [3.8, 4) is 5.75 Å². The van der Waals surface area contributed by atoms with Crippen LogP contribution in [0.5, 0.6) is 5.75 Å². The van der Waals surface area contributed by atoms with Gasteiger partial charge < -0.3 is 21.1 Å². The van der Waals surface area contributed by atoms with Gasteiger partial charge in [0.25, 0.3) is 5.91 Å². The first-order valence-electron chi connectivity index (χ1n) is 11.1. The number of phenols is 1. The molecule has 4 atom stereocenters. The fraction of sp³-hybridized carbons (Fsp3) is 0.478. The molecule has 1 aliphatic heterocycles. The van der Waals surface area contributed by atoms with Crippen molar-refractivity contribution < 1.29 is 19.5 Å². The number of imide groups is 1. The summed E-state index contributed by atoms with van der Waals surface area (Å²) in [7, 11) is 0. The van der Waals surface area contributed by atoms with Crippen LogP contribution in [0.2, 0.25) is 0 Å². The number of hydrogen-bond donors (Lipinski definition) is 4. The highest BCUT2D eigenvalue weighted by molar-refractivity contribution is 14.0. The van der Waals surface area contributed by atoms with Gasteiger partial charge >= 0.3 is 0 Å². The van der Waals surface area contributed by atoms with Gasteiger partial charge in [-0.3, -0.25) is 24.3 Å². The first-order valence-corrected chi connectivity index (χ1v) is 11.1. The van der Waals surface area contributed by atoms with Crippen LogP contribution in [-0.4, -0.2) is 66.4 Å². The molecule has 33 heavy (non-hydrogen) atoms. The number of allylic oxidation sites excluding steroid dienone is 2. The molecule has 0 aromatic heterocycles. The summed E-state index contributed by atoms with van der Waals surface area (Å²) in [5.74, 6) is 0.441. The van der Waals surface area contributed by atoms with Crippen LogP contribution in [-0.2, 0) is 9.59 Å². The van der Waals surface area contributed by atoms with E-state index in [4.69, 9.17) is 0 Å². The Bertz CT molecular complexity index is 919. The Morgan fingerprint density at radius 2 is 1.67 bits per heavy atom. The molecular formula is C23H30IN5O4. The zero-order valence-corrected chi connectivity index (χ0v) is 20.8. The number of halogens is 1. The SMILES string of the molecule is CCNC(=NCCNC(=O)c1ccc(O)cc1)NCCN1C(=O)C2C3C=CC(C3)C2C1=O.I. The number of aromatic hydroxyl groups is 1. The zero-order valence-electron chi connectivity index (χ0n) is 18.5. The zero-order chi connectivity index (χ0) is 22.7. The van der Waals surface area contributed by atoms with Crippen LogP contribution in [0.1, 0.15) is 23.7 Å². The van der Waals surface area contributed by atoms with E-state index in [1.54, 1.807) is 12.1 Å². The lowest BCUT2D eigenvalue weighted by molar-refractivity contribution is -0.140. The van der Waals surface area contributed by atoms with Crippen LogP contribution in [0.15, 0.2) is 41.4 Å². The maximum absolute atomic E-state index is 12.7. The second-order valence-corrected chi connectivity index (χ2v) is 8.32. The van der Waals surface area contributed by atoms with Crippen molar-refractivity contribution in [2.75, 3.05) is 32.7 Å². The summed E-state index contributed by atoms with van der Waals surface area (Å²) >= 11 is 0. The number of hydrogen-bond acceptors (Lipinski definition) is 5. The molecular weight excluding hydrogens is 537 g/mol. The lowest BCUT2D eigenvalue weighted by Gasteiger charge is -2.18. The van der Waals surface area contributed by atoms with Crippen molar-refractivity contribution in [1.82, 2.24) is 20.9 Å². The van der Waals surface area contributed by atoms with Crippen molar-refractivity contribution in [2.45, 2.75) is 13.3 Å². The standard InChI is InChI=1S/C23H29N5O4.HI/c1-2-24-23(26-10-9-25-20(30)14-5-7-17(29)8-6-14)27-11-12-28-21(31)18-15-3-4-16(13-15)19(18)22(28)32;/h3-8,15-16,18-19,29H,2,9-13H2,1H3,(H,25,30)(H2,24,26,27);1H. The summed E-state index contributed by atoms with van der Waals surface area (Å²) in [6.07, 6.45) is 5.11. The summed E-state index contributed by atoms with van der Waals surface area (Å²) in [4.78, 5) is 43.4. The van der Waals surface area contributed by atoms with Gasteiger partial charge in [0.05, 0.1) is 18.4 Å². The third-order valence-corrected chi connectivity index (χ3v) is 6.33. The van der Waals surface area contributed by atoms with Crippen LogP contribution in [0.25, 0.3) is 0 Å². The van der Waals surface area contributed by atoms with Crippen LogP contribution in [0.4, 0.5) is 0 Å². The maximum atomic E-state index is 12.7. The highest BCUT2D eigenvalue weighted by atomic mass is 127. The number of nitrogens with one attached hydrogen (secondary N) is 3. The number of phenolic OH excluding ortho intramolecular Hbond substituents is 1. The summed E-state index contributed by atoms with van der Waals surface area (Å²) in [5.41, 5.74) is 0.463. The summed E-state index contributed by atoms with van der Waals surface area (Å²) in [6.45, 7) is 4.03. The van der Waals surface area contributed by atoms with E-state index in [9.17, 15) is 19.5 Å². The molecule has 2 aliphatic carbocycles. The van der Waals surface area contributed by atoms with E-state index in [1.165, 1.54) is 17.0 Å². The van der Waals surface area contributed by atoms with Gasteiger partial charge in [-0.2, -0.15) is 0 Å². The van der Waals surface area contributed by atoms with Crippen LogP contribution < -0.4 is 16.0 Å². The third-order valence-electron chi connectivity index (χ3n) is 6.33. The molecule has 0 spiro atoms. The van der Waals surface area contributed by atoms with Gasteiger partial charge in [0.15, 0.2) is 5.96 Å². The van der Waals surface area contributed by atoms with Gasteiger partial charge in [-0.05, 0) is 49.4 Å². The maximum Gasteiger partial charge on any atom is 0.251 e. The summed E-state index contributed by atoms with van der Waals surface area (Å²) in [5, 5.41) is 18.3. The minimum atomic E-state index is -0.238. The Morgan fingerprint density at radius 1 is 1.03 bits per heavy atom. The molecule has 9 nitrogen and oxygen atoms in total.